The first-order valence-electron chi connectivity index (χ1n) is 3.71. The van der Waals surface area contributed by atoms with Crippen LogP contribution in [0.5, 0.6) is 0 Å². The molecular formula is C5H14K2O10P2. The molecule has 0 heterocycles. The molecule has 0 atom stereocenters. The number of phosphoric acid groups is 2. The van der Waals surface area contributed by atoms with Gasteiger partial charge in [0, 0.05) is 0 Å². The second-order valence-electron chi connectivity index (χ2n) is 3.54. The summed E-state index contributed by atoms with van der Waals surface area (Å²) in [4.78, 5) is 55.9. The zero-order valence-electron chi connectivity index (χ0n) is 11.2. The van der Waals surface area contributed by atoms with Crippen LogP contribution in [0.4, 0.5) is 0 Å². The van der Waals surface area contributed by atoms with Crippen LogP contribution in [0, 0.1) is 5.41 Å². The maximum Gasteiger partial charge on any atom is 1.00 e. The van der Waals surface area contributed by atoms with Gasteiger partial charge in [0.25, 0.3) is 15.6 Å². The van der Waals surface area contributed by atoms with Crippen molar-refractivity contribution >= 4 is 21.6 Å². The normalized spacial score (nSPS) is 10.4. The average Bonchev–Trinajstić information content (AvgIpc) is 1.74. The molecule has 19 heavy (non-hydrogen) atoms. The first-order chi connectivity index (χ1) is 6.94. The predicted octanol–water partition coefficient (Wildman–Crippen LogP) is -8.00. The van der Waals surface area contributed by atoms with Gasteiger partial charge in [-0.25, -0.2) is 0 Å². The quantitative estimate of drug-likeness (QED) is 0.200. The van der Waals surface area contributed by atoms with Crippen LogP contribution in [0.25, 0.3) is 0 Å². The number of carbonyl (C=O) groups is 1. The van der Waals surface area contributed by atoms with Crippen LogP contribution in [0.3, 0.4) is 0 Å². The minimum atomic E-state index is -4.89. The Hall–Kier alpha value is 2.96. The van der Waals surface area contributed by atoms with Gasteiger partial charge in [-0.05, 0) is 20.8 Å². The van der Waals surface area contributed by atoms with Gasteiger partial charge in [-0.1, -0.05) is 0 Å². The fraction of sp³-hybridized carbons (Fsp3) is 0.800. The summed E-state index contributed by atoms with van der Waals surface area (Å²) in [7, 11) is -9.78. The number of aliphatic carboxylic acids is 1. The predicted molar refractivity (Wildman–Crippen MR) is 51.2 cm³/mol. The Bertz CT molecular complexity index is 278. The second-order valence-corrected chi connectivity index (χ2v) is 5.50. The molecule has 0 aliphatic heterocycles. The van der Waals surface area contributed by atoms with E-state index in [9.17, 15) is 4.79 Å². The molecule has 14 heteroatoms. The second kappa shape index (κ2) is 14.5. The van der Waals surface area contributed by atoms with E-state index in [1.54, 1.807) is 20.8 Å². The number of carboxylic acids is 1. The number of rotatable bonds is 0. The van der Waals surface area contributed by atoms with Gasteiger partial charge in [0.2, 0.25) is 0 Å². The van der Waals surface area contributed by atoms with Crippen LogP contribution in [-0.4, -0.2) is 30.6 Å². The van der Waals surface area contributed by atoms with Crippen LogP contribution in [0.15, 0.2) is 0 Å². The van der Waals surface area contributed by atoms with E-state index in [1.807, 2.05) is 0 Å². The van der Waals surface area contributed by atoms with Crippen molar-refractivity contribution in [3.05, 3.63) is 0 Å². The Kier molecular flexibility index (Phi) is 25.7. The molecule has 10 nitrogen and oxygen atoms in total. The molecule has 0 rings (SSSR count). The molecule has 0 bridgehead atoms. The molecule has 0 saturated carbocycles. The average molecular weight is 374 g/mol. The Labute approximate surface area is 195 Å². The molecule has 5 N–H and O–H groups in total. The standard InChI is InChI=1S/C5H10O2.2K.2H3O4P/c1-5(2,3)4(6)7;;;2*1-5(2,3)4/h1-3H3,(H,6,7);;;2*(H3,1,2,3,4)/q;2*+1;;/p-2. The molecule has 0 aromatic rings. The van der Waals surface area contributed by atoms with Crippen molar-refractivity contribution in [2.45, 2.75) is 20.8 Å². The molecular weight excluding hydrogens is 360 g/mol. The molecule has 106 valence electrons. The van der Waals surface area contributed by atoms with Crippen molar-refractivity contribution < 1.29 is 151 Å². The summed E-state index contributed by atoms with van der Waals surface area (Å²) in [5, 5.41) is 8.25. The third kappa shape index (κ3) is 93.8. The Morgan fingerprint density at radius 2 is 0.947 bits per heavy atom. The number of hydrogen-bond donors (Lipinski definition) is 5. The van der Waals surface area contributed by atoms with Crippen LogP contribution in [-0.2, 0) is 13.9 Å². The maximum absolute atomic E-state index is 10.0. The van der Waals surface area contributed by atoms with E-state index in [0.29, 0.717) is 0 Å². The van der Waals surface area contributed by atoms with E-state index in [2.05, 4.69) is 0 Å². The van der Waals surface area contributed by atoms with Gasteiger partial charge >= 0.3 is 109 Å². The fourth-order valence-electron chi connectivity index (χ4n) is 0. The molecule has 0 amide bonds. The molecule has 0 fully saturated rings. The summed E-state index contributed by atoms with van der Waals surface area (Å²) in [6.07, 6.45) is 0. The van der Waals surface area contributed by atoms with Crippen molar-refractivity contribution in [1.82, 2.24) is 0 Å². The molecule has 0 radical (unpaired) electrons. The minimum absolute atomic E-state index is 0. The SMILES string of the molecule is CC(C)(C)C(=O)O.O=P([O-])(O)O.O=P([O-])(O)O.[K+].[K+]. The van der Waals surface area contributed by atoms with Gasteiger partial charge in [0.05, 0.1) is 5.41 Å². The van der Waals surface area contributed by atoms with Crippen LogP contribution in [0.1, 0.15) is 20.8 Å². The summed E-state index contributed by atoms with van der Waals surface area (Å²) in [5.41, 5.74) is -0.583. The summed E-state index contributed by atoms with van der Waals surface area (Å²) in [6, 6.07) is 0. The third-order valence-corrected chi connectivity index (χ3v) is 0.642. The van der Waals surface area contributed by atoms with Crippen molar-refractivity contribution in [2.75, 3.05) is 0 Å². The van der Waals surface area contributed by atoms with E-state index in [-0.39, 0.29) is 103 Å². The van der Waals surface area contributed by atoms with Crippen molar-refractivity contribution in [3.8, 4) is 0 Å². The van der Waals surface area contributed by atoms with E-state index in [4.69, 9.17) is 43.6 Å². The van der Waals surface area contributed by atoms with Crippen molar-refractivity contribution in [2.24, 2.45) is 5.41 Å². The van der Waals surface area contributed by atoms with Crippen molar-refractivity contribution in [1.29, 1.82) is 0 Å². The summed E-state index contributed by atoms with van der Waals surface area (Å²) < 4.78 is 17.5. The van der Waals surface area contributed by atoms with Gasteiger partial charge in [0.15, 0.2) is 0 Å². The largest absolute Gasteiger partial charge is 1.00 e. The van der Waals surface area contributed by atoms with E-state index in [1.165, 1.54) is 0 Å². The maximum atomic E-state index is 10.0. The zero-order chi connectivity index (χ0) is 15.1. The molecule has 0 saturated heterocycles. The first-order valence-corrected chi connectivity index (χ1v) is 6.77. The summed E-state index contributed by atoms with van der Waals surface area (Å²) in [5.74, 6) is -0.757. The fourth-order valence-corrected chi connectivity index (χ4v) is 0. The van der Waals surface area contributed by atoms with E-state index >= 15 is 0 Å². The van der Waals surface area contributed by atoms with Gasteiger partial charge in [-0.3, -0.25) is 13.9 Å². The molecule has 0 aromatic carbocycles. The number of carboxylic acid groups (broad SMARTS) is 1. The van der Waals surface area contributed by atoms with Gasteiger partial charge in [0.1, 0.15) is 0 Å². The number of hydrogen-bond acceptors (Lipinski definition) is 5. The van der Waals surface area contributed by atoms with Crippen LogP contribution in [0.2, 0.25) is 0 Å². The molecule has 0 spiro atoms. The monoisotopic (exact) mass is 374 g/mol. The van der Waals surface area contributed by atoms with Gasteiger partial charge < -0.3 is 34.5 Å². The Morgan fingerprint density at radius 3 is 0.947 bits per heavy atom. The molecule has 0 aliphatic rings. The van der Waals surface area contributed by atoms with Crippen molar-refractivity contribution in [3.63, 3.8) is 0 Å². The van der Waals surface area contributed by atoms with E-state index in [0.717, 1.165) is 0 Å². The molecule has 0 aliphatic carbocycles. The van der Waals surface area contributed by atoms with E-state index < -0.39 is 27.0 Å². The summed E-state index contributed by atoms with van der Waals surface area (Å²) in [6.45, 7) is 4.99. The summed E-state index contributed by atoms with van der Waals surface area (Å²) >= 11 is 0. The van der Waals surface area contributed by atoms with Gasteiger partial charge in [-0.2, -0.15) is 0 Å². The first kappa shape index (κ1) is 33.5. The van der Waals surface area contributed by atoms with Crippen LogP contribution < -0.4 is 113 Å². The topological polar surface area (TPSA) is 198 Å². The van der Waals surface area contributed by atoms with Crippen LogP contribution >= 0.6 is 15.6 Å². The smallest absolute Gasteiger partial charge is 0.756 e. The Balaban J connectivity index is -0.0000000500. The third-order valence-electron chi connectivity index (χ3n) is 0.642. The molecule has 0 aromatic heterocycles. The molecule has 0 unspecified atom stereocenters. The Morgan fingerprint density at radius 1 is 0.895 bits per heavy atom. The zero-order valence-corrected chi connectivity index (χ0v) is 19.2. The minimum Gasteiger partial charge on any atom is -0.756 e. The van der Waals surface area contributed by atoms with Gasteiger partial charge in [-0.15, -0.1) is 0 Å².